The second-order valence-corrected chi connectivity index (χ2v) is 26.3. The molecule has 24 heteroatoms. The van der Waals surface area contributed by atoms with Crippen LogP contribution in [0.3, 0.4) is 0 Å². The van der Waals surface area contributed by atoms with E-state index in [4.69, 9.17) is 0 Å². The van der Waals surface area contributed by atoms with Crippen molar-refractivity contribution in [3.63, 3.8) is 0 Å². The normalized spacial score (nSPS) is 26.4. The van der Waals surface area contributed by atoms with E-state index in [1.54, 1.807) is 54.5 Å². The second-order valence-electron chi connectivity index (χ2n) is 26.3. The SMILES string of the molecule is C/C=C/C[C@@H](C)[C@@H](O)[C@H]1C(=O)N[C@@H](CC)C(=O)N(C)CC(=O)N(C)[C@@H](CCN(CC)CC)C(=O)N[C@@H](C(C)C)C(=O)N(C)[C@@H](CC(C)C)C(=O)N[C@@H](C)C(=O)N[C@@H](C)C(=O)N(C)[C@@H](CC(C)C)C(=O)N(C)[C@@H](CC(C)C)C(=O)N(C)[C@@H](C(C)C)C(=O)N1C. The number of allylic oxidation sites excluding steroid dienone is 2. The van der Waals surface area contributed by atoms with Crippen LogP contribution >= 0.6 is 0 Å². The largest absolute Gasteiger partial charge is 0.390 e. The molecule has 504 valence electrons. The number of carbonyl (C=O) groups excluding carboxylic acids is 11. The Morgan fingerprint density at radius 3 is 1.42 bits per heavy atom. The van der Waals surface area contributed by atoms with Crippen LogP contribution in [-0.4, -0.2) is 251 Å². The van der Waals surface area contributed by atoms with Gasteiger partial charge in [0.1, 0.15) is 60.4 Å². The molecule has 24 nitrogen and oxygen atoms in total. The quantitative estimate of drug-likeness (QED) is 0.124. The van der Waals surface area contributed by atoms with Crippen molar-refractivity contribution in [2.24, 2.45) is 35.5 Å². The third kappa shape index (κ3) is 22.4. The Hall–Kier alpha value is -6.17. The highest BCUT2D eigenvalue weighted by molar-refractivity contribution is 5.99. The van der Waals surface area contributed by atoms with Gasteiger partial charge in [-0.25, -0.2) is 0 Å². The zero-order chi connectivity index (χ0) is 68.1. The summed E-state index contributed by atoms with van der Waals surface area (Å²) in [5.74, 6) is -9.61. The van der Waals surface area contributed by atoms with E-state index in [1.807, 2.05) is 61.5 Å². The maximum atomic E-state index is 15.2. The second kappa shape index (κ2) is 37.1. The van der Waals surface area contributed by atoms with Crippen LogP contribution in [0.15, 0.2) is 12.2 Å². The Labute approximate surface area is 527 Å². The van der Waals surface area contributed by atoms with Crippen molar-refractivity contribution in [3.05, 3.63) is 12.2 Å². The number of rotatable bonds is 18. The predicted octanol–water partition coefficient (Wildman–Crippen LogP) is 2.95. The highest BCUT2D eigenvalue weighted by atomic mass is 16.3. The molecule has 0 unspecified atom stereocenters. The zero-order valence-corrected chi connectivity index (χ0v) is 58.1. The summed E-state index contributed by atoms with van der Waals surface area (Å²) in [5.41, 5.74) is 0. The molecule has 0 radical (unpaired) electrons. The lowest BCUT2D eigenvalue weighted by Crippen LogP contribution is -2.63. The van der Waals surface area contributed by atoms with Crippen molar-refractivity contribution in [3.8, 4) is 0 Å². The summed E-state index contributed by atoms with van der Waals surface area (Å²) in [6.07, 6.45) is 3.01. The zero-order valence-electron chi connectivity index (χ0n) is 58.1. The predicted molar refractivity (Wildman–Crippen MR) is 341 cm³/mol. The van der Waals surface area contributed by atoms with Crippen LogP contribution < -0.4 is 21.3 Å². The molecule has 0 spiro atoms. The number of hydrogen-bond donors (Lipinski definition) is 5. The first-order valence-electron chi connectivity index (χ1n) is 31.9. The fourth-order valence-electron chi connectivity index (χ4n) is 11.1. The van der Waals surface area contributed by atoms with Crippen molar-refractivity contribution in [1.29, 1.82) is 0 Å². The van der Waals surface area contributed by atoms with Crippen LogP contribution in [0.2, 0.25) is 0 Å². The van der Waals surface area contributed by atoms with Crippen molar-refractivity contribution in [1.82, 2.24) is 60.5 Å². The van der Waals surface area contributed by atoms with Crippen molar-refractivity contribution >= 4 is 65.0 Å². The number of aliphatic hydroxyl groups excluding tert-OH is 1. The first-order chi connectivity index (χ1) is 40.8. The van der Waals surface area contributed by atoms with E-state index in [0.717, 1.165) is 9.80 Å². The minimum absolute atomic E-state index is 0.0194. The van der Waals surface area contributed by atoms with E-state index in [9.17, 15) is 48.3 Å². The minimum atomic E-state index is -1.61. The third-order valence-electron chi connectivity index (χ3n) is 17.0. The summed E-state index contributed by atoms with van der Waals surface area (Å²) in [4.78, 5) is 172. The molecular formula is C64H116N12O12. The van der Waals surface area contributed by atoms with Crippen LogP contribution in [-0.2, 0) is 52.7 Å². The Morgan fingerprint density at radius 1 is 0.500 bits per heavy atom. The summed E-state index contributed by atoms with van der Waals surface area (Å²) < 4.78 is 0. The van der Waals surface area contributed by atoms with E-state index in [2.05, 4.69) is 26.2 Å². The van der Waals surface area contributed by atoms with Gasteiger partial charge in [0.05, 0.1) is 12.6 Å². The van der Waals surface area contributed by atoms with E-state index >= 15 is 9.59 Å². The maximum Gasteiger partial charge on any atom is 0.246 e. The summed E-state index contributed by atoms with van der Waals surface area (Å²) in [7, 11) is 9.95. The summed E-state index contributed by atoms with van der Waals surface area (Å²) in [6.45, 7) is 31.2. The van der Waals surface area contributed by atoms with Gasteiger partial charge >= 0.3 is 0 Å². The molecule has 1 aliphatic rings. The van der Waals surface area contributed by atoms with Gasteiger partial charge in [-0.1, -0.05) is 109 Å². The van der Waals surface area contributed by atoms with Gasteiger partial charge in [-0.2, -0.15) is 0 Å². The first kappa shape index (κ1) is 79.8. The molecule has 0 aliphatic carbocycles. The molecule has 12 atom stereocenters. The molecule has 11 amide bonds. The lowest BCUT2D eigenvalue weighted by Gasteiger charge is -2.41. The van der Waals surface area contributed by atoms with Gasteiger partial charge in [-0.05, 0) is 108 Å². The first-order valence-corrected chi connectivity index (χ1v) is 31.9. The average molecular weight is 1250 g/mol. The fourth-order valence-corrected chi connectivity index (χ4v) is 11.1. The molecule has 1 aliphatic heterocycles. The van der Waals surface area contributed by atoms with Crippen LogP contribution in [0.4, 0.5) is 0 Å². The summed E-state index contributed by atoms with van der Waals surface area (Å²) in [6, 6.07) is -12.4. The highest BCUT2D eigenvalue weighted by Crippen LogP contribution is 2.25. The Kier molecular flexibility index (Phi) is 33.7. The Bertz CT molecular complexity index is 2380. The van der Waals surface area contributed by atoms with Gasteiger partial charge < -0.3 is 65.6 Å². The standard InChI is InChI=1S/C64H116N12O12/c1-25-29-30-42(15)54(78)53-58(82)67-45(26-2)60(84)69(18)36-50(77)70(19)46(31-32-76(27-3)28-4)56(80)68-51(40(11)12)63(87)71(20)47(33-37(5)6)57(81)65-43(16)55(79)66-44(17)59(83)72(21)48(34-38(7)8)61(85)73(22)49(35-39(9)10)62(86)74(23)52(41(13)14)64(88)75(53)24/h25,29,37-49,51-54,78H,26-28,30-36H2,1-24H3,(H,65,81)(H,66,79)(H,67,82)(H,68,80)/b29-25+/t42-,43+,44+,45+,46+,47+,48+,49+,51+,52+,53+,54-/m1/s1. The molecule has 5 N–H and O–H groups in total. The molecule has 1 heterocycles. The van der Waals surface area contributed by atoms with Gasteiger partial charge in [0.25, 0.3) is 0 Å². The maximum absolute atomic E-state index is 15.2. The van der Waals surface area contributed by atoms with Crippen molar-refractivity contribution in [2.75, 3.05) is 75.5 Å². The summed E-state index contributed by atoms with van der Waals surface area (Å²) >= 11 is 0. The minimum Gasteiger partial charge on any atom is -0.390 e. The Morgan fingerprint density at radius 2 is 0.955 bits per heavy atom. The lowest BCUT2D eigenvalue weighted by molar-refractivity contribution is -0.157. The number of nitrogens with one attached hydrogen (secondary N) is 4. The third-order valence-corrected chi connectivity index (χ3v) is 17.0. The molecule has 88 heavy (non-hydrogen) atoms. The van der Waals surface area contributed by atoms with E-state index < -0.39 is 156 Å². The number of aliphatic hydroxyl groups is 1. The van der Waals surface area contributed by atoms with Gasteiger partial charge in [-0.3, -0.25) is 52.7 Å². The number of carbonyl (C=O) groups is 11. The van der Waals surface area contributed by atoms with Crippen LogP contribution in [0.25, 0.3) is 0 Å². The smallest absolute Gasteiger partial charge is 0.246 e. The van der Waals surface area contributed by atoms with Crippen molar-refractivity contribution < 1.29 is 57.8 Å². The fraction of sp³-hybridized carbons (Fsp3) is 0.797. The number of nitrogens with zero attached hydrogens (tertiary/aromatic N) is 8. The number of amides is 11. The topological polar surface area (TPSA) is 282 Å². The lowest BCUT2D eigenvalue weighted by atomic mass is 9.91. The summed E-state index contributed by atoms with van der Waals surface area (Å²) in [5, 5.41) is 23.2. The molecule has 0 saturated carbocycles. The van der Waals surface area contributed by atoms with Crippen LogP contribution in [0, 0.1) is 35.5 Å². The van der Waals surface area contributed by atoms with Gasteiger partial charge in [-0.15, -0.1) is 0 Å². The van der Waals surface area contributed by atoms with E-state index in [-0.39, 0.29) is 49.9 Å². The number of hydrogen-bond acceptors (Lipinski definition) is 13. The van der Waals surface area contributed by atoms with E-state index in [0.29, 0.717) is 26.1 Å². The molecule has 0 aromatic heterocycles. The van der Waals surface area contributed by atoms with Crippen LogP contribution in [0.5, 0.6) is 0 Å². The monoisotopic (exact) mass is 1240 g/mol. The molecule has 0 bridgehead atoms. The van der Waals surface area contributed by atoms with E-state index in [1.165, 1.54) is 87.7 Å². The van der Waals surface area contributed by atoms with Crippen molar-refractivity contribution in [2.45, 2.75) is 223 Å². The van der Waals surface area contributed by atoms with Gasteiger partial charge in [0, 0.05) is 55.9 Å². The van der Waals surface area contributed by atoms with Gasteiger partial charge in [0.15, 0.2) is 0 Å². The molecular weight excluding hydrogens is 1130 g/mol. The highest BCUT2D eigenvalue weighted by Gasteiger charge is 2.45. The molecule has 0 aromatic rings. The van der Waals surface area contributed by atoms with Crippen LogP contribution in [0.1, 0.15) is 156 Å². The molecule has 1 rings (SSSR count). The molecule has 0 aromatic carbocycles. The number of likely N-dealkylation sites (N-methyl/N-ethyl adjacent to an activating group) is 7. The average Bonchev–Trinajstić information content (AvgIpc) is 2.28. The van der Waals surface area contributed by atoms with Gasteiger partial charge in [0.2, 0.25) is 65.0 Å². The molecule has 1 fully saturated rings. The molecule has 1 saturated heterocycles. The Balaban J connectivity index is 4.37.